The van der Waals surface area contributed by atoms with Gasteiger partial charge >= 0.3 is 5.97 Å². The van der Waals surface area contributed by atoms with Crippen molar-refractivity contribution >= 4 is 22.8 Å². The normalized spacial score (nSPS) is 12.6. The third-order valence-electron chi connectivity index (χ3n) is 7.82. The number of rotatable bonds is 19. The SMILES string of the molecule is CCCCCCCC/C=C\CCCCCCCC(=O)Oc1c(CC)c(C(C)CC)nc2nc3ccccc3n12. The molecule has 1 unspecified atom stereocenters. The fourth-order valence-electron chi connectivity index (χ4n) is 5.25. The van der Waals surface area contributed by atoms with Crippen LogP contribution in [0.2, 0.25) is 0 Å². The fraction of sp³-hybridized carbons (Fsp3) is 0.618. The van der Waals surface area contributed by atoms with Gasteiger partial charge in [-0.15, -0.1) is 0 Å². The molecule has 1 atom stereocenters. The topological polar surface area (TPSA) is 56.5 Å². The smallest absolute Gasteiger partial charge is 0.312 e. The highest BCUT2D eigenvalue weighted by molar-refractivity contribution is 5.81. The Balaban J connectivity index is 1.46. The van der Waals surface area contributed by atoms with Crippen LogP contribution < -0.4 is 4.74 Å². The Morgan fingerprint density at radius 2 is 1.51 bits per heavy atom. The molecule has 0 spiro atoms. The maximum atomic E-state index is 13.0. The van der Waals surface area contributed by atoms with Crippen LogP contribution in [0.4, 0.5) is 0 Å². The van der Waals surface area contributed by atoms with Gasteiger partial charge < -0.3 is 4.74 Å². The minimum absolute atomic E-state index is 0.164. The Kier molecular flexibility index (Phi) is 13.5. The number of benzene rings is 1. The molecule has 214 valence electrons. The number of unbranched alkanes of at least 4 members (excludes halogenated alkanes) is 11. The molecule has 2 heterocycles. The van der Waals surface area contributed by atoms with Crippen molar-refractivity contribution < 1.29 is 9.53 Å². The van der Waals surface area contributed by atoms with Gasteiger partial charge in [0.15, 0.2) is 0 Å². The molecule has 0 aliphatic carbocycles. The summed E-state index contributed by atoms with van der Waals surface area (Å²) < 4.78 is 8.03. The largest absolute Gasteiger partial charge is 0.408 e. The summed E-state index contributed by atoms with van der Waals surface area (Å²) in [5.41, 5.74) is 3.79. The van der Waals surface area contributed by atoms with E-state index in [1.54, 1.807) is 0 Å². The lowest BCUT2D eigenvalue weighted by molar-refractivity contribution is -0.134. The summed E-state index contributed by atoms with van der Waals surface area (Å²) in [5.74, 6) is 1.31. The fourth-order valence-corrected chi connectivity index (χ4v) is 5.25. The van der Waals surface area contributed by atoms with E-state index in [1.165, 1.54) is 70.6 Å². The van der Waals surface area contributed by atoms with Crippen LogP contribution in [-0.4, -0.2) is 20.3 Å². The van der Waals surface area contributed by atoms with E-state index in [0.29, 0.717) is 18.1 Å². The van der Waals surface area contributed by atoms with Crippen LogP contribution in [0.15, 0.2) is 36.4 Å². The molecule has 0 radical (unpaired) electrons. The number of aromatic nitrogens is 3. The van der Waals surface area contributed by atoms with Crippen molar-refractivity contribution in [1.29, 1.82) is 0 Å². The quantitative estimate of drug-likeness (QED) is 0.0874. The van der Waals surface area contributed by atoms with Crippen molar-refractivity contribution in [2.75, 3.05) is 0 Å². The molecular formula is C34H51N3O2. The van der Waals surface area contributed by atoms with Gasteiger partial charge in [0.25, 0.3) is 0 Å². The number of carbonyl (C=O) groups is 1. The lowest BCUT2D eigenvalue weighted by Gasteiger charge is -2.18. The maximum Gasteiger partial charge on any atom is 0.312 e. The van der Waals surface area contributed by atoms with Crippen molar-refractivity contribution in [3.8, 4) is 5.88 Å². The average Bonchev–Trinajstić information content (AvgIpc) is 3.33. The van der Waals surface area contributed by atoms with Crippen molar-refractivity contribution in [3.63, 3.8) is 0 Å². The number of para-hydroxylation sites is 2. The summed E-state index contributed by atoms with van der Waals surface area (Å²) in [6, 6.07) is 7.96. The van der Waals surface area contributed by atoms with Crippen molar-refractivity contribution in [3.05, 3.63) is 47.7 Å². The molecule has 2 aromatic heterocycles. The van der Waals surface area contributed by atoms with Crippen LogP contribution in [0.1, 0.15) is 141 Å². The van der Waals surface area contributed by atoms with Gasteiger partial charge in [-0.3, -0.25) is 4.79 Å². The Labute approximate surface area is 236 Å². The zero-order chi connectivity index (χ0) is 27.9. The summed E-state index contributed by atoms with van der Waals surface area (Å²) >= 11 is 0. The van der Waals surface area contributed by atoms with Gasteiger partial charge in [0.05, 0.1) is 16.7 Å². The van der Waals surface area contributed by atoms with Gasteiger partial charge in [-0.05, 0) is 63.0 Å². The number of esters is 1. The summed E-state index contributed by atoms with van der Waals surface area (Å²) in [6.45, 7) is 8.72. The first-order valence-corrected chi connectivity index (χ1v) is 15.8. The van der Waals surface area contributed by atoms with E-state index >= 15 is 0 Å². The van der Waals surface area contributed by atoms with E-state index in [-0.39, 0.29) is 11.9 Å². The van der Waals surface area contributed by atoms with E-state index in [0.717, 1.165) is 48.0 Å². The first-order chi connectivity index (χ1) is 19.1. The van der Waals surface area contributed by atoms with Crippen molar-refractivity contribution in [2.45, 2.75) is 136 Å². The molecule has 5 heteroatoms. The number of fused-ring (bicyclic) bond motifs is 3. The van der Waals surface area contributed by atoms with Gasteiger partial charge in [-0.25, -0.2) is 14.4 Å². The second-order valence-corrected chi connectivity index (χ2v) is 11.0. The summed E-state index contributed by atoms with van der Waals surface area (Å²) in [4.78, 5) is 22.6. The number of nitrogens with zero attached hydrogens (tertiary/aromatic N) is 3. The van der Waals surface area contributed by atoms with E-state index in [9.17, 15) is 4.79 Å². The van der Waals surface area contributed by atoms with Crippen LogP contribution in [0.3, 0.4) is 0 Å². The molecule has 3 aromatic rings. The highest BCUT2D eigenvalue weighted by atomic mass is 16.5. The Bertz CT molecular complexity index is 1180. The van der Waals surface area contributed by atoms with Crippen LogP contribution >= 0.6 is 0 Å². The van der Waals surface area contributed by atoms with E-state index in [2.05, 4.69) is 39.8 Å². The second kappa shape index (κ2) is 17.1. The highest BCUT2D eigenvalue weighted by Gasteiger charge is 2.23. The first-order valence-electron chi connectivity index (χ1n) is 15.8. The third-order valence-corrected chi connectivity index (χ3v) is 7.82. The zero-order valence-corrected chi connectivity index (χ0v) is 25.0. The van der Waals surface area contributed by atoms with Crippen LogP contribution in [-0.2, 0) is 11.2 Å². The molecule has 0 aliphatic heterocycles. The molecule has 0 amide bonds. The van der Waals surface area contributed by atoms with Crippen molar-refractivity contribution in [1.82, 2.24) is 14.4 Å². The number of allylic oxidation sites excluding steroid dienone is 2. The van der Waals surface area contributed by atoms with E-state index in [1.807, 2.05) is 28.7 Å². The zero-order valence-electron chi connectivity index (χ0n) is 25.0. The van der Waals surface area contributed by atoms with Crippen LogP contribution in [0.5, 0.6) is 5.88 Å². The Morgan fingerprint density at radius 3 is 2.18 bits per heavy atom. The molecule has 3 rings (SSSR count). The Morgan fingerprint density at radius 1 is 0.872 bits per heavy atom. The monoisotopic (exact) mass is 533 g/mol. The predicted molar refractivity (Wildman–Crippen MR) is 164 cm³/mol. The van der Waals surface area contributed by atoms with Crippen LogP contribution in [0, 0.1) is 0 Å². The van der Waals surface area contributed by atoms with Gasteiger partial charge in [0.2, 0.25) is 11.7 Å². The van der Waals surface area contributed by atoms with E-state index < -0.39 is 0 Å². The number of carbonyl (C=O) groups excluding carboxylic acids is 1. The molecule has 1 aromatic carbocycles. The molecular weight excluding hydrogens is 482 g/mol. The summed E-state index contributed by atoms with van der Waals surface area (Å²) in [7, 11) is 0. The number of ether oxygens (including phenoxy) is 1. The summed E-state index contributed by atoms with van der Waals surface area (Å²) in [5, 5.41) is 0. The number of hydrogen-bond donors (Lipinski definition) is 0. The number of imidazole rings is 1. The minimum atomic E-state index is -0.164. The molecule has 0 bridgehead atoms. The molecule has 39 heavy (non-hydrogen) atoms. The summed E-state index contributed by atoms with van der Waals surface area (Å²) in [6.07, 6.45) is 23.0. The standard InChI is InChI=1S/C34H51N3O2/c1-5-8-9-10-11-12-13-14-15-16-17-18-19-20-21-26-31(38)39-33-28(7-3)32(27(4)6-2)36-34-35-29-24-22-23-25-30(29)37(33)34/h14-15,22-25,27H,5-13,16-21,26H2,1-4H3/b15-14-. The lowest BCUT2D eigenvalue weighted by atomic mass is 9.99. The molecule has 5 nitrogen and oxygen atoms in total. The van der Waals surface area contributed by atoms with Crippen molar-refractivity contribution in [2.24, 2.45) is 0 Å². The van der Waals surface area contributed by atoms with Crippen LogP contribution in [0.25, 0.3) is 16.8 Å². The number of hydrogen-bond acceptors (Lipinski definition) is 4. The first kappa shape index (κ1) is 30.8. The van der Waals surface area contributed by atoms with Gasteiger partial charge in [-0.1, -0.05) is 103 Å². The minimum Gasteiger partial charge on any atom is -0.408 e. The molecule has 0 fully saturated rings. The molecule has 0 N–H and O–H groups in total. The Hall–Kier alpha value is -2.69. The second-order valence-electron chi connectivity index (χ2n) is 11.0. The maximum absolute atomic E-state index is 13.0. The molecule has 0 aliphatic rings. The molecule has 0 saturated heterocycles. The predicted octanol–water partition coefficient (Wildman–Crippen LogP) is 9.90. The van der Waals surface area contributed by atoms with E-state index in [4.69, 9.17) is 14.7 Å². The highest BCUT2D eigenvalue weighted by Crippen LogP contribution is 2.32. The molecule has 0 saturated carbocycles. The van der Waals surface area contributed by atoms with Gasteiger partial charge in [0, 0.05) is 12.0 Å². The van der Waals surface area contributed by atoms with Gasteiger partial charge in [-0.2, -0.15) is 0 Å². The average molecular weight is 534 g/mol. The lowest BCUT2D eigenvalue weighted by Crippen LogP contribution is -2.15. The third kappa shape index (κ3) is 9.19. The van der Waals surface area contributed by atoms with Gasteiger partial charge in [0.1, 0.15) is 0 Å².